The largest absolute Gasteiger partial charge is 0.410 e. The number of ether oxygens (including phenoxy) is 1. The summed E-state index contributed by atoms with van der Waals surface area (Å²) in [5.41, 5.74) is -0.152. The molecule has 3 heteroatoms. The summed E-state index contributed by atoms with van der Waals surface area (Å²) in [7, 11) is 0. The first-order valence-electron chi connectivity index (χ1n) is 3.71. The van der Waals surface area contributed by atoms with Gasteiger partial charge in [0.2, 0.25) is 0 Å². The van der Waals surface area contributed by atoms with E-state index in [0.717, 1.165) is 0 Å². The second kappa shape index (κ2) is 2.32. The Morgan fingerprint density at radius 3 is 2.18 bits per heavy atom. The third kappa shape index (κ3) is 1.59. The van der Waals surface area contributed by atoms with E-state index in [4.69, 9.17) is 4.74 Å². The van der Waals surface area contributed by atoms with Gasteiger partial charge in [-0.3, -0.25) is 0 Å². The number of carbonyl (C=O) groups is 1. The van der Waals surface area contributed by atoms with E-state index in [1.165, 1.54) is 0 Å². The molecule has 0 amide bonds. The van der Waals surface area contributed by atoms with Gasteiger partial charge in [0.1, 0.15) is 6.04 Å². The van der Waals surface area contributed by atoms with Crippen LogP contribution in [0.15, 0.2) is 4.99 Å². The van der Waals surface area contributed by atoms with Crippen molar-refractivity contribution < 1.29 is 9.53 Å². The van der Waals surface area contributed by atoms with Crippen molar-refractivity contribution in [2.24, 2.45) is 10.4 Å². The normalized spacial score (nSPS) is 24.9. The molecule has 0 bridgehead atoms. The molecule has 0 N–H and O–H groups in total. The minimum absolute atomic E-state index is 0.152. The van der Waals surface area contributed by atoms with Crippen molar-refractivity contribution in [3.8, 4) is 0 Å². The number of carbonyl (C=O) groups excluding carboxylic acids is 1. The molecule has 1 aliphatic rings. The van der Waals surface area contributed by atoms with Crippen LogP contribution in [0.5, 0.6) is 0 Å². The Kier molecular flexibility index (Phi) is 1.74. The van der Waals surface area contributed by atoms with Crippen LogP contribution in [0.4, 0.5) is 0 Å². The van der Waals surface area contributed by atoms with Crippen molar-refractivity contribution in [1.29, 1.82) is 0 Å². The van der Waals surface area contributed by atoms with Crippen molar-refractivity contribution in [2.75, 3.05) is 0 Å². The van der Waals surface area contributed by atoms with Crippen molar-refractivity contribution in [3.05, 3.63) is 0 Å². The van der Waals surface area contributed by atoms with Crippen LogP contribution in [-0.2, 0) is 9.53 Å². The highest BCUT2D eigenvalue weighted by atomic mass is 16.6. The molecule has 0 aliphatic carbocycles. The summed E-state index contributed by atoms with van der Waals surface area (Å²) in [6.07, 6.45) is 0. The van der Waals surface area contributed by atoms with Gasteiger partial charge in [-0.05, 0) is 6.92 Å². The molecule has 0 aromatic heterocycles. The lowest BCUT2D eigenvalue weighted by Crippen LogP contribution is -2.21. The fraction of sp³-hybridized carbons (Fsp3) is 0.750. The average molecular weight is 155 g/mol. The smallest absolute Gasteiger partial charge is 0.337 e. The molecule has 1 rings (SSSR count). The van der Waals surface area contributed by atoms with E-state index in [0.29, 0.717) is 5.90 Å². The highest BCUT2D eigenvalue weighted by Crippen LogP contribution is 2.22. The fourth-order valence-electron chi connectivity index (χ4n) is 0.782. The molecule has 1 atom stereocenters. The number of esters is 1. The molecule has 11 heavy (non-hydrogen) atoms. The first kappa shape index (κ1) is 8.24. The summed E-state index contributed by atoms with van der Waals surface area (Å²) in [6, 6.07) is -0.316. The number of rotatable bonds is 0. The summed E-state index contributed by atoms with van der Waals surface area (Å²) in [4.78, 5) is 15.0. The lowest BCUT2D eigenvalue weighted by Gasteiger charge is -2.15. The summed E-state index contributed by atoms with van der Waals surface area (Å²) in [6.45, 7) is 7.65. The van der Waals surface area contributed by atoms with Crippen LogP contribution >= 0.6 is 0 Å². The molecule has 1 unspecified atom stereocenters. The van der Waals surface area contributed by atoms with Crippen molar-refractivity contribution >= 4 is 11.9 Å². The summed E-state index contributed by atoms with van der Waals surface area (Å²) in [5, 5.41) is 0. The predicted octanol–water partition coefficient (Wildman–Crippen LogP) is 1.38. The Morgan fingerprint density at radius 2 is 2.00 bits per heavy atom. The van der Waals surface area contributed by atoms with Gasteiger partial charge in [-0.1, -0.05) is 20.8 Å². The Labute approximate surface area is 66.5 Å². The zero-order chi connectivity index (χ0) is 8.65. The molecule has 62 valence electrons. The maximum Gasteiger partial charge on any atom is 0.337 e. The van der Waals surface area contributed by atoms with Crippen LogP contribution in [0.3, 0.4) is 0 Å². The number of hydrogen-bond donors (Lipinski definition) is 0. The Balaban J connectivity index is 2.79. The van der Waals surface area contributed by atoms with Crippen LogP contribution in [0.25, 0.3) is 0 Å². The topological polar surface area (TPSA) is 38.7 Å². The average Bonchev–Trinajstić information content (AvgIpc) is 2.11. The van der Waals surface area contributed by atoms with Gasteiger partial charge in [-0.15, -0.1) is 0 Å². The van der Waals surface area contributed by atoms with E-state index in [-0.39, 0.29) is 17.4 Å². The fourth-order valence-corrected chi connectivity index (χ4v) is 0.782. The van der Waals surface area contributed by atoms with Gasteiger partial charge in [0.25, 0.3) is 0 Å². The van der Waals surface area contributed by atoms with Gasteiger partial charge in [-0.25, -0.2) is 9.79 Å². The van der Waals surface area contributed by atoms with Gasteiger partial charge in [0.05, 0.1) is 0 Å². The van der Waals surface area contributed by atoms with Gasteiger partial charge in [0.15, 0.2) is 5.90 Å². The molecule has 1 aliphatic heterocycles. The van der Waals surface area contributed by atoms with Crippen LogP contribution in [-0.4, -0.2) is 17.9 Å². The summed E-state index contributed by atoms with van der Waals surface area (Å²) < 4.78 is 4.95. The zero-order valence-electron chi connectivity index (χ0n) is 7.34. The highest BCUT2D eigenvalue weighted by Gasteiger charge is 2.32. The Bertz CT molecular complexity index is 213. The van der Waals surface area contributed by atoms with Gasteiger partial charge in [0, 0.05) is 5.41 Å². The minimum atomic E-state index is -0.316. The van der Waals surface area contributed by atoms with Gasteiger partial charge in [-0.2, -0.15) is 0 Å². The van der Waals surface area contributed by atoms with Crippen LogP contribution in [0, 0.1) is 5.41 Å². The molecule has 1 heterocycles. The standard InChI is InChI=1S/C8H13NO2/c1-5-6(10)11-7(9-5)8(2,3)4/h5H,1-4H3. The van der Waals surface area contributed by atoms with Crippen LogP contribution in [0.2, 0.25) is 0 Å². The third-order valence-electron chi connectivity index (χ3n) is 1.49. The molecular formula is C8H13NO2. The number of nitrogens with zero attached hydrogens (tertiary/aromatic N) is 1. The van der Waals surface area contributed by atoms with Crippen LogP contribution < -0.4 is 0 Å². The minimum Gasteiger partial charge on any atom is -0.410 e. The second-order valence-corrected chi connectivity index (χ2v) is 3.78. The summed E-state index contributed by atoms with van der Waals surface area (Å²) in [5.74, 6) is 0.310. The van der Waals surface area contributed by atoms with E-state index in [1.807, 2.05) is 20.8 Å². The molecule has 0 aromatic rings. The first-order valence-corrected chi connectivity index (χ1v) is 3.71. The molecule has 0 spiro atoms. The monoisotopic (exact) mass is 155 g/mol. The quantitative estimate of drug-likeness (QED) is 0.495. The molecule has 0 aromatic carbocycles. The molecule has 0 radical (unpaired) electrons. The van der Waals surface area contributed by atoms with Crippen molar-refractivity contribution in [1.82, 2.24) is 0 Å². The van der Waals surface area contributed by atoms with Crippen molar-refractivity contribution in [2.45, 2.75) is 33.7 Å². The lowest BCUT2D eigenvalue weighted by atomic mass is 9.97. The van der Waals surface area contributed by atoms with Crippen molar-refractivity contribution in [3.63, 3.8) is 0 Å². The molecule has 0 saturated heterocycles. The lowest BCUT2D eigenvalue weighted by molar-refractivity contribution is -0.135. The van der Waals surface area contributed by atoms with Gasteiger partial charge >= 0.3 is 5.97 Å². The van der Waals surface area contributed by atoms with Gasteiger partial charge < -0.3 is 4.74 Å². The molecular weight excluding hydrogens is 142 g/mol. The predicted molar refractivity (Wildman–Crippen MR) is 42.4 cm³/mol. The SMILES string of the molecule is CC1N=C(C(C)(C)C)OC1=O. The third-order valence-corrected chi connectivity index (χ3v) is 1.49. The van der Waals surface area contributed by atoms with E-state index < -0.39 is 0 Å². The van der Waals surface area contributed by atoms with Crippen LogP contribution in [0.1, 0.15) is 27.7 Å². The Hall–Kier alpha value is -0.860. The maximum absolute atomic E-state index is 10.9. The van der Waals surface area contributed by atoms with E-state index in [1.54, 1.807) is 6.92 Å². The maximum atomic E-state index is 10.9. The van der Waals surface area contributed by atoms with E-state index in [9.17, 15) is 4.79 Å². The Morgan fingerprint density at radius 1 is 1.45 bits per heavy atom. The first-order chi connectivity index (χ1) is 4.91. The summed E-state index contributed by atoms with van der Waals surface area (Å²) >= 11 is 0. The molecule has 0 fully saturated rings. The molecule has 0 saturated carbocycles. The molecule has 3 nitrogen and oxygen atoms in total. The number of aliphatic imine (C=N–C) groups is 1. The highest BCUT2D eigenvalue weighted by molar-refractivity contribution is 5.99. The number of cyclic esters (lactones) is 1. The second-order valence-electron chi connectivity index (χ2n) is 3.78. The van der Waals surface area contributed by atoms with E-state index in [2.05, 4.69) is 4.99 Å². The zero-order valence-corrected chi connectivity index (χ0v) is 7.34. The van der Waals surface area contributed by atoms with E-state index >= 15 is 0 Å². The number of hydrogen-bond acceptors (Lipinski definition) is 3.